The van der Waals surface area contributed by atoms with Crippen molar-refractivity contribution < 1.29 is 18.3 Å². The van der Waals surface area contributed by atoms with Gasteiger partial charge in [-0.15, -0.1) is 0 Å². The van der Waals surface area contributed by atoms with Crippen LogP contribution in [0.3, 0.4) is 0 Å². The molecule has 0 heterocycles. The van der Waals surface area contributed by atoms with Gasteiger partial charge in [-0.25, -0.2) is 17.9 Å². The van der Waals surface area contributed by atoms with E-state index in [-0.39, 0.29) is 22.0 Å². The third-order valence-corrected chi connectivity index (χ3v) is 3.94. The third-order valence-electron chi connectivity index (χ3n) is 1.93. The van der Waals surface area contributed by atoms with Crippen molar-refractivity contribution in [3.63, 3.8) is 0 Å². The summed E-state index contributed by atoms with van der Waals surface area (Å²) in [4.78, 5) is 10.7. The Morgan fingerprint density at radius 2 is 2.11 bits per heavy atom. The number of benzene rings is 1. The van der Waals surface area contributed by atoms with Gasteiger partial charge in [0.2, 0.25) is 10.0 Å². The molecule has 1 aromatic carbocycles. The first-order valence-electron chi connectivity index (χ1n) is 4.60. The van der Waals surface area contributed by atoms with E-state index in [1.807, 2.05) is 0 Å². The van der Waals surface area contributed by atoms with Crippen molar-refractivity contribution in [3.8, 4) is 0 Å². The van der Waals surface area contributed by atoms with E-state index >= 15 is 0 Å². The second-order valence-corrected chi connectivity index (χ2v) is 6.58. The van der Waals surface area contributed by atoms with E-state index in [9.17, 15) is 13.2 Å². The molecule has 0 radical (unpaired) electrons. The summed E-state index contributed by atoms with van der Waals surface area (Å²) in [6, 6.07) is 3.46. The van der Waals surface area contributed by atoms with E-state index in [4.69, 9.17) is 16.7 Å². The number of aromatic carboxylic acids is 1. The van der Waals surface area contributed by atoms with Crippen LogP contribution in [0.1, 0.15) is 10.4 Å². The summed E-state index contributed by atoms with van der Waals surface area (Å²) in [6.07, 6.45) is 0. The highest BCUT2D eigenvalue weighted by Gasteiger charge is 2.18. The standard InChI is InChI=1S/C10H9BrClNO4S/c1-6(11)5-13-18(16,17)7-2-3-9(12)8(4-7)10(14)15/h2-4,13H,1,5H2,(H,14,15). The molecule has 0 fully saturated rings. The van der Waals surface area contributed by atoms with Gasteiger partial charge in [0.1, 0.15) is 0 Å². The summed E-state index contributed by atoms with van der Waals surface area (Å²) in [6.45, 7) is 3.49. The maximum atomic E-state index is 11.8. The van der Waals surface area contributed by atoms with Crippen LogP contribution in [0.4, 0.5) is 0 Å². The molecule has 0 aliphatic rings. The summed E-state index contributed by atoms with van der Waals surface area (Å²) < 4.78 is 26.3. The maximum Gasteiger partial charge on any atom is 0.337 e. The van der Waals surface area contributed by atoms with Gasteiger partial charge >= 0.3 is 5.97 Å². The minimum Gasteiger partial charge on any atom is -0.478 e. The second kappa shape index (κ2) is 5.83. The van der Waals surface area contributed by atoms with Crippen LogP contribution in [0.2, 0.25) is 5.02 Å². The van der Waals surface area contributed by atoms with Crippen LogP contribution < -0.4 is 4.72 Å². The quantitative estimate of drug-likeness (QED) is 0.849. The molecule has 0 spiro atoms. The van der Waals surface area contributed by atoms with Gasteiger partial charge in [0.25, 0.3) is 0 Å². The summed E-state index contributed by atoms with van der Waals surface area (Å²) in [5, 5.41) is 8.83. The van der Waals surface area contributed by atoms with Gasteiger partial charge in [0.05, 0.1) is 15.5 Å². The highest BCUT2D eigenvalue weighted by Crippen LogP contribution is 2.20. The van der Waals surface area contributed by atoms with Crippen molar-refractivity contribution in [2.45, 2.75) is 4.90 Å². The highest BCUT2D eigenvalue weighted by molar-refractivity contribution is 9.11. The van der Waals surface area contributed by atoms with Gasteiger partial charge in [0.15, 0.2) is 0 Å². The molecule has 0 saturated carbocycles. The van der Waals surface area contributed by atoms with Crippen molar-refractivity contribution in [3.05, 3.63) is 39.8 Å². The first-order chi connectivity index (χ1) is 8.24. The molecule has 0 atom stereocenters. The Kier molecular flexibility index (Phi) is 4.92. The Bertz CT molecular complexity index is 600. The Hall–Kier alpha value is -0.890. The van der Waals surface area contributed by atoms with Crippen molar-refractivity contribution in [1.29, 1.82) is 0 Å². The second-order valence-electron chi connectivity index (χ2n) is 3.29. The lowest BCUT2D eigenvalue weighted by Crippen LogP contribution is -2.25. The number of carboxylic acid groups (broad SMARTS) is 1. The van der Waals surface area contributed by atoms with Crippen LogP contribution >= 0.6 is 27.5 Å². The van der Waals surface area contributed by atoms with Gasteiger partial charge in [-0.3, -0.25) is 0 Å². The Labute approximate surface area is 118 Å². The highest BCUT2D eigenvalue weighted by atomic mass is 79.9. The molecule has 1 aromatic rings. The van der Waals surface area contributed by atoms with Gasteiger partial charge in [0, 0.05) is 11.0 Å². The number of hydrogen-bond acceptors (Lipinski definition) is 3. The van der Waals surface area contributed by atoms with Crippen LogP contribution in [-0.4, -0.2) is 26.0 Å². The summed E-state index contributed by atoms with van der Waals surface area (Å²) in [5.74, 6) is -1.29. The number of halogens is 2. The fourth-order valence-electron chi connectivity index (χ4n) is 1.09. The molecular formula is C10H9BrClNO4S. The fraction of sp³-hybridized carbons (Fsp3) is 0.100. The number of rotatable bonds is 5. The summed E-state index contributed by atoms with van der Waals surface area (Å²) >= 11 is 8.66. The molecule has 1 rings (SSSR count). The molecule has 0 saturated heterocycles. The van der Waals surface area contributed by atoms with Crippen LogP contribution in [-0.2, 0) is 10.0 Å². The lowest BCUT2D eigenvalue weighted by atomic mass is 10.2. The van der Waals surface area contributed by atoms with E-state index in [0.29, 0.717) is 4.48 Å². The number of carbonyl (C=O) groups is 1. The molecule has 98 valence electrons. The predicted octanol–water partition coefficient (Wildman–Crippen LogP) is 2.23. The van der Waals surface area contributed by atoms with Crippen LogP contribution in [0.5, 0.6) is 0 Å². The largest absolute Gasteiger partial charge is 0.478 e. The van der Waals surface area contributed by atoms with Gasteiger partial charge in [-0.05, 0) is 18.2 Å². The minimum absolute atomic E-state index is 0.00731. The zero-order valence-electron chi connectivity index (χ0n) is 8.98. The SMILES string of the molecule is C=C(Br)CNS(=O)(=O)c1ccc(Cl)c(C(=O)O)c1. The van der Waals surface area contributed by atoms with Gasteiger partial charge in [-0.1, -0.05) is 34.1 Å². The molecule has 0 amide bonds. The fourth-order valence-corrected chi connectivity index (χ4v) is 2.67. The molecule has 0 bridgehead atoms. The van der Waals surface area contributed by atoms with Gasteiger partial charge < -0.3 is 5.11 Å². The summed E-state index contributed by atoms with van der Waals surface area (Å²) in [7, 11) is -3.79. The summed E-state index contributed by atoms with van der Waals surface area (Å²) in [5.41, 5.74) is -0.266. The minimum atomic E-state index is -3.79. The van der Waals surface area contributed by atoms with Crippen LogP contribution in [0, 0.1) is 0 Å². The first-order valence-corrected chi connectivity index (χ1v) is 7.25. The average Bonchev–Trinajstić information content (AvgIpc) is 2.26. The molecule has 0 aliphatic carbocycles. The zero-order chi connectivity index (χ0) is 13.9. The molecular weight excluding hydrogens is 346 g/mol. The molecule has 0 unspecified atom stereocenters. The number of hydrogen-bond donors (Lipinski definition) is 2. The lowest BCUT2D eigenvalue weighted by Gasteiger charge is -2.07. The Morgan fingerprint density at radius 1 is 1.50 bits per heavy atom. The van der Waals surface area contributed by atoms with E-state index in [0.717, 1.165) is 6.07 Å². The topological polar surface area (TPSA) is 83.5 Å². The zero-order valence-corrected chi connectivity index (χ0v) is 12.1. The van der Waals surface area contributed by atoms with Crippen LogP contribution in [0.25, 0.3) is 0 Å². The van der Waals surface area contributed by atoms with Crippen molar-refractivity contribution in [2.75, 3.05) is 6.54 Å². The van der Waals surface area contributed by atoms with E-state index in [1.54, 1.807) is 0 Å². The molecule has 5 nitrogen and oxygen atoms in total. The van der Waals surface area contributed by atoms with E-state index in [2.05, 4.69) is 27.2 Å². The van der Waals surface area contributed by atoms with E-state index in [1.165, 1.54) is 12.1 Å². The number of nitrogens with one attached hydrogen (secondary N) is 1. The lowest BCUT2D eigenvalue weighted by molar-refractivity contribution is 0.0697. The van der Waals surface area contributed by atoms with Crippen LogP contribution in [0.15, 0.2) is 34.2 Å². The monoisotopic (exact) mass is 353 g/mol. The molecule has 2 N–H and O–H groups in total. The first kappa shape index (κ1) is 15.2. The Morgan fingerprint density at radius 3 is 2.61 bits per heavy atom. The third kappa shape index (κ3) is 3.81. The number of carboxylic acids is 1. The van der Waals surface area contributed by atoms with Crippen molar-refractivity contribution in [1.82, 2.24) is 4.72 Å². The molecule has 0 aliphatic heterocycles. The average molecular weight is 355 g/mol. The van der Waals surface area contributed by atoms with Gasteiger partial charge in [-0.2, -0.15) is 0 Å². The van der Waals surface area contributed by atoms with E-state index < -0.39 is 16.0 Å². The predicted molar refractivity (Wildman–Crippen MR) is 71.7 cm³/mol. The Balaban J connectivity index is 3.14. The molecule has 18 heavy (non-hydrogen) atoms. The maximum absolute atomic E-state index is 11.8. The molecule has 0 aromatic heterocycles. The normalized spacial score (nSPS) is 11.2. The van der Waals surface area contributed by atoms with Crippen molar-refractivity contribution >= 4 is 43.5 Å². The van der Waals surface area contributed by atoms with Crippen molar-refractivity contribution in [2.24, 2.45) is 0 Å². The number of sulfonamides is 1. The smallest absolute Gasteiger partial charge is 0.337 e. The molecule has 8 heteroatoms.